The van der Waals surface area contributed by atoms with Crippen LogP contribution in [0.1, 0.15) is 31.2 Å². The number of benzene rings is 1. The molecule has 0 unspecified atom stereocenters. The molecule has 6 heteroatoms. The highest BCUT2D eigenvalue weighted by atomic mass is 79.9. The van der Waals surface area contributed by atoms with Crippen molar-refractivity contribution in [2.45, 2.75) is 26.3 Å². The molecular formula is C14H15BrFN3O. The van der Waals surface area contributed by atoms with Crippen LogP contribution in [0.25, 0.3) is 0 Å². The van der Waals surface area contributed by atoms with E-state index in [0.717, 1.165) is 4.47 Å². The minimum atomic E-state index is -0.297. The van der Waals surface area contributed by atoms with Crippen LogP contribution in [-0.4, -0.2) is 9.97 Å². The van der Waals surface area contributed by atoms with Crippen molar-refractivity contribution in [3.8, 4) is 0 Å². The molecule has 0 bridgehead atoms. The second-order valence-electron chi connectivity index (χ2n) is 4.76. The molecule has 106 valence electrons. The quantitative estimate of drug-likeness (QED) is 0.897. The fourth-order valence-corrected chi connectivity index (χ4v) is 2.11. The number of anilines is 1. The first kappa shape index (κ1) is 14.7. The van der Waals surface area contributed by atoms with E-state index in [1.807, 2.05) is 13.8 Å². The zero-order valence-electron chi connectivity index (χ0n) is 11.2. The Morgan fingerprint density at radius 2 is 2.15 bits per heavy atom. The van der Waals surface area contributed by atoms with Crippen LogP contribution in [0.4, 0.5) is 10.2 Å². The van der Waals surface area contributed by atoms with E-state index >= 15 is 0 Å². The molecule has 1 aromatic heterocycles. The molecule has 2 N–H and O–H groups in total. The maximum atomic E-state index is 13.6. The monoisotopic (exact) mass is 339 g/mol. The Kier molecular flexibility index (Phi) is 4.54. The van der Waals surface area contributed by atoms with Crippen molar-refractivity contribution >= 4 is 21.7 Å². The van der Waals surface area contributed by atoms with Gasteiger partial charge in [-0.2, -0.15) is 0 Å². The van der Waals surface area contributed by atoms with Crippen LogP contribution >= 0.6 is 15.9 Å². The number of nitrogens with zero attached hydrogens (tertiary/aromatic N) is 1. The van der Waals surface area contributed by atoms with Crippen LogP contribution in [0.15, 0.2) is 33.5 Å². The summed E-state index contributed by atoms with van der Waals surface area (Å²) in [4.78, 5) is 18.5. The average Bonchev–Trinajstić information content (AvgIpc) is 2.39. The second-order valence-corrected chi connectivity index (χ2v) is 5.68. The lowest BCUT2D eigenvalue weighted by molar-refractivity contribution is 0.612. The number of halogens is 2. The Balaban J connectivity index is 2.18. The second kappa shape index (κ2) is 6.17. The third-order valence-corrected chi connectivity index (χ3v) is 3.27. The standard InChI is InChI=1S/C14H15BrFN3O/c1-8(2)14-18-12(6-13(20)19-14)17-7-9-5-10(15)3-4-11(9)16/h3-6,8H,7H2,1-2H3,(H2,17,18,19,20). The first-order valence-corrected chi connectivity index (χ1v) is 7.04. The Labute approximate surface area is 124 Å². The van der Waals surface area contributed by atoms with Crippen molar-refractivity contribution in [1.82, 2.24) is 9.97 Å². The Hall–Kier alpha value is -1.69. The van der Waals surface area contributed by atoms with Crippen LogP contribution in [-0.2, 0) is 6.54 Å². The summed E-state index contributed by atoms with van der Waals surface area (Å²) < 4.78 is 14.4. The van der Waals surface area contributed by atoms with Gasteiger partial charge in [0.25, 0.3) is 5.56 Å². The summed E-state index contributed by atoms with van der Waals surface area (Å²) >= 11 is 3.30. The molecule has 0 aliphatic heterocycles. The van der Waals surface area contributed by atoms with E-state index < -0.39 is 0 Å². The van der Waals surface area contributed by atoms with Gasteiger partial charge in [-0.05, 0) is 18.2 Å². The topological polar surface area (TPSA) is 57.8 Å². The number of aromatic amines is 1. The Bertz CT molecular complexity index is 670. The maximum Gasteiger partial charge on any atom is 0.252 e. The van der Waals surface area contributed by atoms with Crippen molar-refractivity contribution < 1.29 is 4.39 Å². The van der Waals surface area contributed by atoms with Gasteiger partial charge >= 0.3 is 0 Å². The maximum absolute atomic E-state index is 13.6. The summed E-state index contributed by atoms with van der Waals surface area (Å²) in [6.45, 7) is 4.14. The highest BCUT2D eigenvalue weighted by Crippen LogP contribution is 2.17. The fourth-order valence-electron chi connectivity index (χ4n) is 1.71. The third kappa shape index (κ3) is 3.66. The number of aromatic nitrogens is 2. The molecule has 4 nitrogen and oxygen atoms in total. The molecule has 0 spiro atoms. The minimum Gasteiger partial charge on any atom is -0.366 e. The van der Waals surface area contributed by atoms with E-state index in [2.05, 4.69) is 31.2 Å². The number of rotatable bonds is 4. The van der Waals surface area contributed by atoms with Gasteiger partial charge in [-0.1, -0.05) is 29.8 Å². The summed E-state index contributed by atoms with van der Waals surface area (Å²) in [7, 11) is 0. The van der Waals surface area contributed by atoms with Crippen molar-refractivity contribution in [3.63, 3.8) is 0 Å². The molecule has 0 atom stereocenters. The van der Waals surface area contributed by atoms with Gasteiger partial charge in [-0.25, -0.2) is 9.37 Å². The summed E-state index contributed by atoms with van der Waals surface area (Å²) in [5.41, 5.74) is 0.286. The van der Waals surface area contributed by atoms with E-state index in [1.54, 1.807) is 12.1 Å². The molecule has 2 aromatic rings. The lowest BCUT2D eigenvalue weighted by Gasteiger charge is -2.09. The van der Waals surface area contributed by atoms with Crippen molar-refractivity contribution in [3.05, 3.63) is 56.3 Å². The zero-order chi connectivity index (χ0) is 14.7. The predicted molar refractivity (Wildman–Crippen MR) is 80.4 cm³/mol. The van der Waals surface area contributed by atoms with Gasteiger partial charge < -0.3 is 10.3 Å². The molecule has 20 heavy (non-hydrogen) atoms. The largest absolute Gasteiger partial charge is 0.366 e. The molecule has 1 heterocycles. The zero-order valence-corrected chi connectivity index (χ0v) is 12.8. The molecule has 0 aliphatic carbocycles. The van der Waals surface area contributed by atoms with Gasteiger partial charge in [0.2, 0.25) is 0 Å². The molecule has 0 fully saturated rings. The van der Waals surface area contributed by atoms with Crippen molar-refractivity contribution in [2.24, 2.45) is 0 Å². The molecule has 0 saturated heterocycles. The molecule has 0 saturated carbocycles. The molecule has 0 aliphatic rings. The van der Waals surface area contributed by atoms with Crippen LogP contribution < -0.4 is 10.9 Å². The van der Waals surface area contributed by atoms with Gasteiger partial charge in [-0.3, -0.25) is 4.79 Å². The Morgan fingerprint density at radius 3 is 2.85 bits per heavy atom. The summed E-state index contributed by atoms with van der Waals surface area (Å²) in [6, 6.07) is 6.09. The summed E-state index contributed by atoms with van der Waals surface area (Å²) in [5.74, 6) is 0.869. The van der Waals surface area contributed by atoms with Crippen molar-refractivity contribution in [2.75, 3.05) is 5.32 Å². The lowest BCUT2D eigenvalue weighted by Crippen LogP contribution is -2.14. The first-order chi connectivity index (χ1) is 9.45. The lowest BCUT2D eigenvalue weighted by atomic mass is 10.2. The normalized spacial score (nSPS) is 10.8. The van der Waals surface area contributed by atoms with E-state index in [0.29, 0.717) is 17.2 Å². The Morgan fingerprint density at radius 1 is 1.40 bits per heavy atom. The minimum absolute atomic E-state index is 0.118. The SMILES string of the molecule is CC(C)c1nc(NCc2cc(Br)ccc2F)cc(=O)[nH]1. The van der Waals surface area contributed by atoms with E-state index in [1.165, 1.54) is 12.1 Å². The van der Waals surface area contributed by atoms with Crippen LogP contribution in [0, 0.1) is 5.82 Å². The van der Waals surface area contributed by atoms with Crippen LogP contribution in [0.5, 0.6) is 0 Å². The van der Waals surface area contributed by atoms with E-state index in [4.69, 9.17) is 0 Å². The van der Waals surface area contributed by atoms with Gasteiger partial charge in [0, 0.05) is 28.6 Å². The number of H-pyrrole nitrogens is 1. The highest BCUT2D eigenvalue weighted by molar-refractivity contribution is 9.10. The predicted octanol–water partition coefficient (Wildman–Crippen LogP) is 3.41. The van der Waals surface area contributed by atoms with Gasteiger partial charge in [0.1, 0.15) is 17.5 Å². The summed E-state index contributed by atoms with van der Waals surface area (Å²) in [5, 5.41) is 2.97. The molecule has 0 amide bonds. The van der Waals surface area contributed by atoms with Crippen LogP contribution in [0.3, 0.4) is 0 Å². The molecule has 0 radical (unpaired) electrons. The summed E-state index contributed by atoms with van der Waals surface area (Å²) in [6.07, 6.45) is 0. The number of hydrogen-bond donors (Lipinski definition) is 2. The first-order valence-electron chi connectivity index (χ1n) is 6.25. The molecule has 1 aromatic carbocycles. The number of nitrogens with one attached hydrogen (secondary N) is 2. The average molecular weight is 340 g/mol. The van der Waals surface area contributed by atoms with Crippen LogP contribution in [0.2, 0.25) is 0 Å². The van der Waals surface area contributed by atoms with Gasteiger partial charge in [-0.15, -0.1) is 0 Å². The third-order valence-electron chi connectivity index (χ3n) is 2.77. The van der Waals surface area contributed by atoms with Gasteiger partial charge in [0.05, 0.1) is 0 Å². The number of hydrogen-bond acceptors (Lipinski definition) is 3. The van der Waals surface area contributed by atoms with Crippen molar-refractivity contribution in [1.29, 1.82) is 0 Å². The smallest absolute Gasteiger partial charge is 0.252 e. The fraction of sp³-hybridized carbons (Fsp3) is 0.286. The van der Waals surface area contributed by atoms with E-state index in [-0.39, 0.29) is 23.8 Å². The molecule has 2 rings (SSSR count). The van der Waals surface area contributed by atoms with Gasteiger partial charge in [0.15, 0.2) is 0 Å². The highest BCUT2D eigenvalue weighted by Gasteiger charge is 2.07. The van der Waals surface area contributed by atoms with E-state index in [9.17, 15) is 9.18 Å². The molecular weight excluding hydrogens is 325 g/mol.